The Morgan fingerprint density at radius 2 is 2.19 bits per heavy atom. The number of ether oxygens (including phenoxy) is 2. The Morgan fingerprint density at radius 1 is 1.38 bits per heavy atom. The number of benzene rings is 1. The third kappa shape index (κ3) is 2.86. The van der Waals surface area contributed by atoms with Crippen molar-refractivity contribution in [3.05, 3.63) is 29.8 Å². The molecule has 6 nitrogen and oxygen atoms in total. The molecular formula is C15H18N2O4. The first kappa shape index (κ1) is 13.9. The van der Waals surface area contributed by atoms with Crippen LogP contribution in [0.4, 0.5) is 0 Å². The molecule has 2 N–H and O–H groups in total. The van der Waals surface area contributed by atoms with Crippen molar-refractivity contribution in [3.63, 3.8) is 0 Å². The Bertz CT molecular complexity index is 573. The van der Waals surface area contributed by atoms with Crippen molar-refractivity contribution in [2.75, 3.05) is 26.9 Å². The van der Waals surface area contributed by atoms with E-state index in [1.54, 1.807) is 18.0 Å². The number of likely N-dealkylation sites (N-methyl/N-ethyl adjacent to an activating group) is 1. The number of hydrogen-bond donors (Lipinski definition) is 2. The minimum absolute atomic E-state index is 0.139. The molecule has 0 aromatic heterocycles. The van der Waals surface area contributed by atoms with Crippen LogP contribution in [0, 0.1) is 0 Å². The fourth-order valence-corrected chi connectivity index (χ4v) is 2.51. The normalized spacial score (nSPS) is 23.7. The topological polar surface area (TPSA) is 71.0 Å². The van der Waals surface area contributed by atoms with Gasteiger partial charge in [-0.25, -0.2) is 0 Å². The van der Waals surface area contributed by atoms with Crippen LogP contribution in [0.25, 0.3) is 6.08 Å². The van der Waals surface area contributed by atoms with Gasteiger partial charge >= 0.3 is 0 Å². The maximum Gasteiger partial charge on any atom is 0.246 e. The second-order valence-corrected chi connectivity index (χ2v) is 5.19. The summed E-state index contributed by atoms with van der Waals surface area (Å²) in [4.78, 5) is 13.7. The fraction of sp³-hybridized carbons (Fsp3) is 0.400. The molecule has 0 saturated carbocycles. The smallest absolute Gasteiger partial charge is 0.246 e. The van der Waals surface area contributed by atoms with Gasteiger partial charge in [0.1, 0.15) is 0 Å². The highest BCUT2D eigenvalue weighted by molar-refractivity contribution is 5.92. The van der Waals surface area contributed by atoms with Crippen LogP contribution in [0.15, 0.2) is 24.3 Å². The van der Waals surface area contributed by atoms with Crippen LogP contribution in [-0.4, -0.2) is 55.0 Å². The summed E-state index contributed by atoms with van der Waals surface area (Å²) in [7, 11) is 1.70. The number of β-amino-alcohol motifs (C(OH)–C–C–N with tert-alkyl or cyclic N) is 1. The Kier molecular flexibility index (Phi) is 3.81. The molecule has 2 heterocycles. The summed E-state index contributed by atoms with van der Waals surface area (Å²) in [6.45, 7) is 1.37. The van der Waals surface area contributed by atoms with Crippen LogP contribution >= 0.6 is 0 Å². The number of aliphatic hydroxyl groups excluding tert-OH is 1. The molecule has 2 aliphatic heterocycles. The van der Waals surface area contributed by atoms with Gasteiger partial charge in [-0.2, -0.15) is 0 Å². The van der Waals surface area contributed by atoms with Gasteiger partial charge in [0.15, 0.2) is 11.5 Å². The summed E-state index contributed by atoms with van der Waals surface area (Å²) in [5, 5.41) is 12.8. The zero-order valence-corrected chi connectivity index (χ0v) is 11.8. The lowest BCUT2D eigenvalue weighted by Crippen LogP contribution is -2.43. The van der Waals surface area contributed by atoms with Gasteiger partial charge in [-0.05, 0) is 23.8 Å². The molecular weight excluding hydrogens is 272 g/mol. The number of amides is 1. The van der Waals surface area contributed by atoms with Crippen LogP contribution in [-0.2, 0) is 4.79 Å². The van der Waals surface area contributed by atoms with E-state index in [1.807, 2.05) is 18.2 Å². The Labute approximate surface area is 123 Å². The summed E-state index contributed by atoms with van der Waals surface area (Å²) in [5.41, 5.74) is 0.867. The third-order valence-electron chi connectivity index (χ3n) is 3.81. The van der Waals surface area contributed by atoms with Gasteiger partial charge in [0.05, 0.1) is 12.1 Å². The van der Waals surface area contributed by atoms with Gasteiger partial charge in [0.2, 0.25) is 12.7 Å². The number of fused-ring (bicyclic) bond motifs is 1. The van der Waals surface area contributed by atoms with E-state index in [-0.39, 0.29) is 18.7 Å². The molecule has 1 amide bonds. The number of nitrogens with one attached hydrogen (secondary N) is 1. The monoisotopic (exact) mass is 290 g/mol. The van der Waals surface area contributed by atoms with Gasteiger partial charge < -0.3 is 24.8 Å². The van der Waals surface area contributed by atoms with Crippen LogP contribution in [0.3, 0.4) is 0 Å². The number of aliphatic hydroxyl groups is 1. The summed E-state index contributed by atoms with van der Waals surface area (Å²) in [5.74, 6) is 1.27. The molecule has 0 unspecified atom stereocenters. The molecule has 112 valence electrons. The molecule has 21 heavy (non-hydrogen) atoms. The van der Waals surface area contributed by atoms with E-state index >= 15 is 0 Å². The lowest BCUT2D eigenvalue weighted by Gasteiger charge is -2.25. The highest BCUT2D eigenvalue weighted by atomic mass is 16.7. The predicted molar refractivity (Wildman–Crippen MR) is 77.0 cm³/mol. The maximum absolute atomic E-state index is 12.1. The van der Waals surface area contributed by atoms with E-state index in [0.29, 0.717) is 18.8 Å². The van der Waals surface area contributed by atoms with E-state index in [2.05, 4.69) is 5.32 Å². The zero-order chi connectivity index (χ0) is 14.8. The largest absolute Gasteiger partial charge is 0.454 e. The zero-order valence-electron chi connectivity index (χ0n) is 11.8. The number of carbonyl (C=O) groups is 1. The summed E-state index contributed by atoms with van der Waals surface area (Å²) >= 11 is 0. The number of nitrogens with zero attached hydrogens (tertiary/aromatic N) is 1. The first-order valence-electron chi connectivity index (χ1n) is 6.88. The molecule has 3 rings (SSSR count). The van der Waals surface area contributed by atoms with E-state index in [9.17, 15) is 9.90 Å². The molecule has 2 aliphatic rings. The van der Waals surface area contributed by atoms with Crippen molar-refractivity contribution in [1.29, 1.82) is 0 Å². The molecule has 0 bridgehead atoms. The Morgan fingerprint density at radius 3 is 2.95 bits per heavy atom. The molecule has 0 radical (unpaired) electrons. The highest BCUT2D eigenvalue weighted by Crippen LogP contribution is 2.32. The standard InChI is InChI=1S/C15H18N2O4/c1-17(11-7-16-8-12(11)18)15(19)5-3-10-2-4-13-14(6-10)21-9-20-13/h2-6,11-12,16,18H,7-9H2,1H3/b5-3+/t11-,12-/m1/s1. The molecule has 0 spiro atoms. The summed E-state index contributed by atoms with van der Waals surface area (Å²) in [6.07, 6.45) is 2.72. The second-order valence-electron chi connectivity index (χ2n) is 5.19. The van der Waals surface area contributed by atoms with E-state index in [4.69, 9.17) is 9.47 Å². The molecule has 6 heteroatoms. The molecule has 1 saturated heterocycles. The van der Waals surface area contributed by atoms with Gasteiger partial charge in [-0.1, -0.05) is 6.07 Å². The second kappa shape index (κ2) is 5.75. The van der Waals surface area contributed by atoms with Crippen molar-refractivity contribution in [2.45, 2.75) is 12.1 Å². The molecule has 0 aliphatic carbocycles. The van der Waals surface area contributed by atoms with Gasteiger partial charge in [-0.3, -0.25) is 4.79 Å². The first-order valence-corrected chi connectivity index (χ1v) is 6.88. The maximum atomic E-state index is 12.1. The lowest BCUT2D eigenvalue weighted by atomic mass is 10.1. The van der Waals surface area contributed by atoms with E-state index in [0.717, 1.165) is 11.3 Å². The van der Waals surface area contributed by atoms with Crippen molar-refractivity contribution in [2.24, 2.45) is 0 Å². The number of carbonyl (C=O) groups excluding carboxylic acids is 1. The van der Waals surface area contributed by atoms with Crippen molar-refractivity contribution < 1.29 is 19.4 Å². The minimum Gasteiger partial charge on any atom is -0.454 e. The molecule has 1 aromatic carbocycles. The SMILES string of the molecule is CN(C(=O)/C=C/c1ccc2c(c1)OCO2)[C@@H]1CNC[C@H]1O. The fourth-order valence-electron chi connectivity index (χ4n) is 2.51. The third-order valence-corrected chi connectivity index (χ3v) is 3.81. The molecule has 1 aromatic rings. The van der Waals surface area contributed by atoms with E-state index in [1.165, 1.54) is 6.08 Å². The first-order chi connectivity index (χ1) is 10.1. The van der Waals surface area contributed by atoms with Gasteiger partial charge in [-0.15, -0.1) is 0 Å². The van der Waals surface area contributed by atoms with Crippen LogP contribution in [0.2, 0.25) is 0 Å². The number of hydrogen-bond acceptors (Lipinski definition) is 5. The van der Waals surface area contributed by atoms with Gasteiger partial charge in [0.25, 0.3) is 0 Å². The quantitative estimate of drug-likeness (QED) is 0.779. The molecule has 1 fully saturated rings. The predicted octanol–water partition coefficient (Wildman–Crippen LogP) is 0.220. The Balaban J connectivity index is 1.66. The van der Waals surface area contributed by atoms with Crippen LogP contribution in [0.1, 0.15) is 5.56 Å². The van der Waals surface area contributed by atoms with Crippen molar-refractivity contribution in [1.82, 2.24) is 10.2 Å². The average Bonchev–Trinajstić information content (AvgIpc) is 3.11. The number of rotatable bonds is 3. The van der Waals surface area contributed by atoms with E-state index < -0.39 is 6.10 Å². The van der Waals surface area contributed by atoms with Crippen LogP contribution < -0.4 is 14.8 Å². The average molecular weight is 290 g/mol. The minimum atomic E-state index is -0.516. The summed E-state index contributed by atoms with van der Waals surface area (Å²) in [6, 6.07) is 5.33. The molecule has 2 atom stereocenters. The Hall–Kier alpha value is -2.05. The highest BCUT2D eigenvalue weighted by Gasteiger charge is 2.30. The van der Waals surface area contributed by atoms with Gasteiger partial charge in [0, 0.05) is 26.2 Å². The van der Waals surface area contributed by atoms with Crippen molar-refractivity contribution in [3.8, 4) is 11.5 Å². The van der Waals surface area contributed by atoms with Crippen LogP contribution in [0.5, 0.6) is 11.5 Å². The van der Waals surface area contributed by atoms with Crippen molar-refractivity contribution >= 4 is 12.0 Å². The summed E-state index contributed by atoms with van der Waals surface area (Å²) < 4.78 is 10.5. The lowest BCUT2D eigenvalue weighted by molar-refractivity contribution is -0.127.